The van der Waals surface area contributed by atoms with Crippen LogP contribution in [0.1, 0.15) is 25.3 Å². The first-order valence-electron chi connectivity index (χ1n) is 6.79. The Kier molecular flexibility index (Phi) is 4.37. The molecule has 1 aliphatic rings. The van der Waals surface area contributed by atoms with Gasteiger partial charge in [-0.15, -0.1) is 0 Å². The van der Waals surface area contributed by atoms with Gasteiger partial charge in [0, 0.05) is 13.1 Å². The number of amides is 1. The van der Waals surface area contributed by atoms with E-state index in [2.05, 4.69) is 6.92 Å². The maximum atomic E-state index is 12.2. The predicted octanol–water partition coefficient (Wildman–Crippen LogP) is 1.81. The summed E-state index contributed by atoms with van der Waals surface area (Å²) in [5.41, 5.74) is 7.15. The van der Waals surface area contributed by atoms with Gasteiger partial charge in [-0.1, -0.05) is 43.7 Å². The minimum atomic E-state index is -0.400. The minimum Gasteiger partial charge on any atom is -0.341 e. The van der Waals surface area contributed by atoms with Crippen molar-refractivity contribution < 1.29 is 4.79 Å². The van der Waals surface area contributed by atoms with Gasteiger partial charge in [0.25, 0.3) is 0 Å². The Hall–Kier alpha value is -1.35. The number of likely N-dealkylation sites (tertiary alicyclic amines) is 1. The monoisotopic (exact) mass is 246 g/mol. The summed E-state index contributed by atoms with van der Waals surface area (Å²) >= 11 is 0. The summed E-state index contributed by atoms with van der Waals surface area (Å²) in [6.07, 6.45) is 2.91. The van der Waals surface area contributed by atoms with Gasteiger partial charge in [0.05, 0.1) is 6.04 Å². The lowest BCUT2D eigenvalue weighted by molar-refractivity contribution is -0.131. The summed E-state index contributed by atoms with van der Waals surface area (Å²) in [7, 11) is 0. The van der Waals surface area contributed by atoms with Crippen LogP contribution < -0.4 is 5.73 Å². The summed E-state index contributed by atoms with van der Waals surface area (Å²) in [6.45, 7) is 3.94. The second-order valence-electron chi connectivity index (χ2n) is 5.14. The lowest BCUT2D eigenvalue weighted by Gasteiger charge is -2.21. The molecule has 0 radical (unpaired) electrons. The van der Waals surface area contributed by atoms with E-state index in [1.54, 1.807) is 0 Å². The zero-order valence-electron chi connectivity index (χ0n) is 11.0. The zero-order chi connectivity index (χ0) is 13.0. The van der Waals surface area contributed by atoms with Crippen LogP contribution in [0.4, 0.5) is 0 Å². The number of nitrogens with zero attached hydrogens (tertiary/aromatic N) is 1. The van der Waals surface area contributed by atoms with Crippen LogP contribution in [0.2, 0.25) is 0 Å². The van der Waals surface area contributed by atoms with Crippen molar-refractivity contribution in [2.45, 2.75) is 32.2 Å². The second kappa shape index (κ2) is 6.01. The highest BCUT2D eigenvalue weighted by Crippen LogP contribution is 2.19. The number of hydrogen-bond donors (Lipinski definition) is 1. The quantitative estimate of drug-likeness (QED) is 0.880. The lowest BCUT2D eigenvalue weighted by atomic mass is 10.1. The molecule has 2 rings (SSSR count). The Balaban J connectivity index is 1.89. The van der Waals surface area contributed by atoms with E-state index in [1.165, 1.54) is 0 Å². The fraction of sp³-hybridized carbons (Fsp3) is 0.533. The maximum Gasteiger partial charge on any atom is 0.239 e. The Labute approximate surface area is 109 Å². The molecule has 0 aromatic heterocycles. The molecular weight excluding hydrogens is 224 g/mol. The third-order valence-electron chi connectivity index (χ3n) is 3.79. The summed E-state index contributed by atoms with van der Waals surface area (Å²) in [6, 6.07) is 9.58. The van der Waals surface area contributed by atoms with Crippen LogP contribution in [0.5, 0.6) is 0 Å². The van der Waals surface area contributed by atoms with Crippen LogP contribution in [0.25, 0.3) is 0 Å². The Morgan fingerprint density at radius 3 is 2.78 bits per heavy atom. The Morgan fingerprint density at radius 2 is 2.17 bits per heavy atom. The van der Waals surface area contributed by atoms with Gasteiger partial charge in [-0.3, -0.25) is 4.79 Å². The largest absolute Gasteiger partial charge is 0.341 e. The normalized spacial score (nSPS) is 21.0. The van der Waals surface area contributed by atoms with Crippen molar-refractivity contribution in [3.63, 3.8) is 0 Å². The van der Waals surface area contributed by atoms with Crippen LogP contribution in [0, 0.1) is 5.92 Å². The van der Waals surface area contributed by atoms with Gasteiger partial charge >= 0.3 is 0 Å². The van der Waals surface area contributed by atoms with Crippen LogP contribution in [0.3, 0.4) is 0 Å². The molecule has 1 amide bonds. The molecule has 2 atom stereocenters. The fourth-order valence-corrected chi connectivity index (χ4v) is 2.56. The third kappa shape index (κ3) is 3.10. The second-order valence-corrected chi connectivity index (χ2v) is 5.14. The van der Waals surface area contributed by atoms with Crippen molar-refractivity contribution in [2.75, 3.05) is 13.1 Å². The number of rotatable bonds is 4. The van der Waals surface area contributed by atoms with Gasteiger partial charge in [-0.25, -0.2) is 0 Å². The Bertz CT molecular complexity index is 391. The molecule has 1 aliphatic heterocycles. The maximum absolute atomic E-state index is 12.2. The molecule has 2 N–H and O–H groups in total. The number of carbonyl (C=O) groups excluding carboxylic acids is 1. The molecular formula is C15H22N2O. The standard InChI is InChI=1S/C15H22N2O/c1-2-12-8-9-17(11-12)15(18)14(16)10-13-6-4-3-5-7-13/h3-7,12,14H,2,8-11,16H2,1H3/t12?,14-/m0/s1. The summed E-state index contributed by atoms with van der Waals surface area (Å²) in [4.78, 5) is 14.1. The molecule has 18 heavy (non-hydrogen) atoms. The zero-order valence-corrected chi connectivity index (χ0v) is 11.0. The van der Waals surface area contributed by atoms with Crippen molar-refractivity contribution in [3.05, 3.63) is 35.9 Å². The molecule has 1 unspecified atom stereocenters. The van der Waals surface area contributed by atoms with E-state index in [9.17, 15) is 4.79 Å². The van der Waals surface area contributed by atoms with E-state index in [-0.39, 0.29) is 5.91 Å². The van der Waals surface area contributed by atoms with Gasteiger partial charge < -0.3 is 10.6 Å². The molecule has 0 spiro atoms. The molecule has 1 fully saturated rings. The van der Waals surface area contributed by atoms with Crippen molar-refractivity contribution in [1.82, 2.24) is 4.90 Å². The SMILES string of the molecule is CCC1CCN(C(=O)[C@@H](N)Cc2ccccc2)C1. The van der Waals surface area contributed by atoms with Gasteiger partial charge in [-0.2, -0.15) is 0 Å². The number of hydrogen-bond acceptors (Lipinski definition) is 2. The first-order chi connectivity index (χ1) is 8.70. The highest BCUT2D eigenvalue weighted by molar-refractivity contribution is 5.82. The molecule has 98 valence electrons. The topological polar surface area (TPSA) is 46.3 Å². The van der Waals surface area contributed by atoms with Gasteiger partial charge in [0.2, 0.25) is 5.91 Å². The summed E-state index contributed by atoms with van der Waals surface area (Å²) in [5, 5.41) is 0. The average Bonchev–Trinajstić information content (AvgIpc) is 2.87. The van der Waals surface area contributed by atoms with E-state index in [0.29, 0.717) is 12.3 Å². The molecule has 1 aromatic rings. The van der Waals surface area contributed by atoms with E-state index in [1.807, 2.05) is 35.2 Å². The van der Waals surface area contributed by atoms with E-state index in [0.717, 1.165) is 31.5 Å². The van der Waals surface area contributed by atoms with Crippen molar-refractivity contribution >= 4 is 5.91 Å². The molecule has 3 nitrogen and oxygen atoms in total. The van der Waals surface area contributed by atoms with Crippen LogP contribution in [0.15, 0.2) is 30.3 Å². The van der Waals surface area contributed by atoms with Gasteiger partial charge in [0.1, 0.15) is 0 Å². The fourth-order valence-electron chi connectivity index (χ4n) is 2.56. The first-order valence-corrected chi connectivity index (χ1v) is 6.79. The number of carbonyl (C=O) groups is 1. The van der Waals surface area contributed by atoms with E-state index in [4.69, 9.17) is 5.73 Å². The molecule has 1 saturated heterocycles. The van der Waals surface area contributed by atoms with E-state index < -0.39 is 6.04 Å². The molecule has 0 bridgehead atoms. The molecule has 1 heterocycles. The summed E-state index contributed by atoms with van der Waals surface area (Å²) in [5.74, 6) is 0.771. The van der Waals surface area contributed by atoms with Crippen molar-refractivity contribution in [2.24, 2.45) is 11.7 Å². The van der Waals surface area contributed by atoms with Crippen molar-refractivity contribution in [1.29, 1.82) is 0 Å². The third-order valence-corrected chi connectivity index (χ3v) is 3.79. The summed E-state index contributed by atoms with van der Waals surface area (Å²) < 4.78 is 0. The molecule has 0 aliphatic carbocycles. The van der Waals surface area contributed by atoms with Crippen molar-refractivity contribution in [3.8, 4) is 0 Å². The molecule has 0 saturated carbocycles. The number of nitrogens with two attached hydrogens (primary N) is 1. The molecule has 3 heteroatoms. The van der Waals surface area contributed by atoms with E-state index >= 15 is 0 Å². The predicted molar refractivity (Wildman–Crippen MR) is 73.1 cm³/mol. The lowest BCUT2D eigenvalue weighted by Crippen LogP contribution is -2.43. The first kappa shape index (κ1) is 13.1. The highest BCUT2D eigenvalue weighted by atomic mass is 16.2. The molecule has 1 aromatic carbocycles. The van der Waals surface area contributed by atoms with Crippen LogP contribution >= 0.6 is 0 Å². The Morgan fingerprint density at radius 1 is 1.44 bits per heavy atom. The minimum absolute atomic E-state index is 0.106. The van der Waals surface area contributed by atoms with Crippen LogP contribution in [-0.4, -0.2) is 29.9 Å². The average molecular weight is 246 g/mol. The highest BCUT2D eigenvalue weighted by Gasteiger charge is 2.28. The number of benzene rings is 1. The van der Waals surface area contributed by atoms with Gasteiger partial charge in [0.15, 0.2) is 0 Å². The smallest absolute Gasteiger partial charge is 0.239 e. The van der Waals surface area contributed by atoms with Crippen LogP contribution in [-0.2, 0) is 11.2 Å². The van der Waals surface area contributed by atoms with Gasteiger partial charge in [-0.05, 0) is 24.3 Å².